The van der Waals surface area contributed by atoms with Gasteiger partial charge < -0.3 is 0 Å². The second-order valence-electron chi connectivity index (χ2n) is 8.49. The number of rotatable bonds is 12. The summed E-state index contributed by atoms with van der Waals surface area (Å²) in [7, 11) is -3.02. The summed E-state index contributed by atoms with van der Waals surface area (Å²) < 4.78 is 230. The molecule has 0 fully saturated rings. The first-order valence-corrected chi connectivity index (χ1v) is 13.3. The van der Waals surface area contributed by atoms with Gasteiger partial charge in [0.15, 0.2) is 0 Å². The minimum Gasteiger partial charge on any atom is -0.218 e. The quantitative estimate of drug-likeness (QED) is 0.115. The smallest absolute Gasteiger partial charge is 0.218 e. The molecule has 0 atom stereocenters. The van der Waals surface area contributed by atoms with Gasteiger partial charge in [0, 0.05) is 11.1 Å². The van der Waals surface area contributed by atoms with Crippen molar-refractivity contribution in [1.29, 1.82) is 0 Å². The van der Waals surface area contributed by atoms with E-state index in [4.69, 9.17) is 0 Å². The molecule has 0 aromatic carbocycles. The second kappa shape index (κ2) is 11.8. The van der Waals surface area contributed by atoms with Gasteiger partial charge in [-0.05, 0) is 24.6 Å². The number of alkyl halides is 17. The summed E-state index contributed by atoms with van der Waals surface area (Å²) in [5.74, 6) is 0. The molecule has 0 aromatic heterocycles. The van der Waals surface area contributed by atoms with E-state index in [9.17, 15) is 74.6 Å². The largest absolute Gasteiger partial charge is 0.435 e. The van der Waals surface area contributed by atoms with Crippen LogP contribution in [0.5, 0.6) is 0 Å². The molecule has 0 rings (SSSR count). The first-order valence-electron chi connectivity index (χ1n) is 10.4. The Morgan fingerprint density at radius 2 is 0.795 bits per heavy atom. The molecule has 0 amide bonds. The van der Waals surface area contributed by atoms with E-state index in [1.165, 1.54) is 18.2 Å². The molecule has 0 aromatic rings. The first-order chi connectivity index (χ1) is 17.1. The van der Waals surface area contributed by atoms with Gasteiger partial charge >= 0.3 is 42.2 Å². The predicted octanol–water partition coefficient (Wildman–Crippen LogP) is 10.3. The highest BCUT2D eigenvalue weighted by atomic mass is 28.3. The standard InChI is InChI=1S/C21H21F17Si/c1-4-9-39(10-5-2,11-6-3)12-7-8-13(17(24,25)26)14(15(22,18(27,28)29)19(30,31)32)16(23,20(33,34)35)21(36,37)38/h4-6H,1-3,7-12H2. The van der Waals surface area contributed by atoms with Gasteiger partial charge in [-0.3, -0.25) is 0 Å². The van der Waals surface area contributed by atoms with E-state index >= 15 is 0 Å². The normalized spacial score (nSPS) is 14.7. The van der Waals surface area contributed by atoms with Crippen molar-refractivity contribution in [1.82, 2.24) is 0 Å². The Hall–Kier alpha value is -2.01. The topological polar surface area (TPSA) is 0 Å². The second-order valence-corrected chi connectivity index (χ2v) is 13.2. The van der Waals surface area contributed by atoms with Crippen molar-refractivity contribution < 1.29 is 74.6 Å². The fourth-order valence-electron chi connectivity index (χ4n) is 4.06. The Labute approximate surface area is 211 Å². The highest BCUT2D eigenvalue weighted by molar-refractivity contribution is 6.81. The molecule has 0 nitrogen and oxygen atoms in total. The van der Waals surface area contributed by atoms with Crippen molar-refractivity contribution in [3.8, 4) is 0 Å². The monoisotopic (exact) mass is 624 g/mol. The van der Waals surface area contributed by atoms with Crippen LogP contribution in [0.1, 0.15) is 12.8 Å². The zero-order valence-corrected chi connectivity index (χ0v) is 20.5. The molecule has 0 aliphatic heterocycles. The van der Waals surface area contributed by atoms with Crippen LogP contribution >= 0.6 is 0 Å². The Bertz CT molecular complexity index is 801. The SMILES string of the molecule is C=CC[Si](CC=C)(CC=C)CCCC(=C(C(F)(C(F)(F)F)C(F)(F)F)C(F)(C(F)(F)F)C(F)(F)F)C(F)(F)F. The van der Waals surface area contributed by atoms with Crippen molar-refractivity contribution in [2.45, 2.75) is 79.2 Å². The maximum absolute atomic E-state index is 14.8. The lowest BCUT2D eigenvalue weighted by atomic mass is 9.76. The molecule has 0 unspecified atom stereocenters. The van der Waals surface area contributed by atoms with Gasteiger partial charge in [0.2, 0.25) is 0 Å². The van der Waals surface area contributed by atoms with Gasteiger partial charge in [0.25, 0.3) is 0 Å². The molecular formula is C21H21F17Si. The third-order valence-electron chi connectivity index (χ3n) is 5.76. The van der Waals surface area contributed by atoms with Crippen LogP contribution in [0.4, 0.5) is 74.6 Å². The summed E-state index contributed by atoms with van der Waals surface area (Å²) in [4.78, 5) is 0. The molecule has 0 spiro atoms. The third kappa shape index (κ3) is 7.39. The minimum absolute atomic E-state index is 0.000730. The van der Waals surface area contributed by atoms with E-state index in [1.807, 2.05) is 0 Å². The molecule has 0 heterocycles. The predicted molar refractivity (Wildman–Crippen MR) is 110 cm³/mol. The van der Waals surface area contributed by atoms with Crippen LogP contribution in [0.15, 0.2) is 49.1 Å². The number of hydrogen-bond acceptors (Lipinski definition) is 0. The minimum atomic E-state index is -8.05. The van der Waals surface area contributed by atoms with Crippen molar-refractivity contribution in [2.75, 3.05) is 0 Å². The molecule has 0 radical (unpaired) electrons. The van der Waals surface area contributed by atoms with Crippen molar-refractivity contribution in [2.24, 2.45) is 0 Å². The Kier molecular flexibility index (Phi) is 11.2. The molecule has 0 saturated carbocycles. The van der Waals surface area contributed by atoms with Gasteiger partial charge in [0.1, 0.15) is 0 Å². The molecular weight excluding hydrogens is 603 g/mol. The van der Waals surface area contributed by atoms with Gasteiger partial charge in [0.05, 0.1) is 8.07 Å². The van der Waals surface area contributed by atoms with Gasteiger partial charge in [-0.25, -0.2) is 8.78 Å². The van der Waals surface area contributed by atoms with E-state index in [0.29, 0.717) is 0 Å². The average Bonchev–Trinajstić information content (AvgIpc) is 2.69. The fraction of sp³-hybridized carbons (Fsp3) is 0.619. The molecule has 39 heavy (non-hydrogen) atoms. The van der Waals surface area contributed by atoms with Crippen LogP contribution in [-0.2, 0) is 0 Å². The highest BCUT2D eigenvalue weighted by Crippen LogP contribution is 2.63. The summed E-state index contributed by atoms with van der Waals surface area (Å²) in [6, 6.07) is -0.573. The van der Waals surface area contributed by atoms with Crippen LogP contribution in [0.2, 0.25) is 24.2 Å². The Balaban J connectivity index is 7.87. The first kappa shape index (κ1) is 37.0. The van der Waals surface area contributed by atoms with E-state index in [1.54, 1.807) is 0 Å². The van der Waals surface area contributed by atoms with E-state index in [-0.39, 0.29) is 18.1 Å². The Morgan fingerprint density at radius 1 is 0.513 bits per heavy atom. The summed E-state index contributed by atoms with van der Waals surface area (Å²) >= 11 is 0. The zero-order chi connectivity index (χ0) is 31.5. The van der Waals surface area contributed by atoms with E-state index < -0.39 is 80.3 Å². The highest BCUT2D eigenvalue weighted by Gasteiger charge is 2.87. The lowest BCUT2D eigenvalue weighted by Gasteiger charge is -2.42. The average molecular weight is 624 g/mol. The summed E-state index contributed by atoms with van der Waals surface area (Å²) in [6.45, 7) is 10.1. The number of allylic oxidation sites excluding steroid dienone is 5. The molecule has 0 aliphatic carbocycles. The van der Waals surface area contributed by atoms with Gasteiger partial charge in [-0.1, -0.05) is 30.7 Å². The van der Waals surface area contributed by atoms with Gasteiger partial charge in [-0.2, -0.15) is 65.9 Å². The fourth-order valence-corrected chi connectivity index (χ4v) is 7.94. The molecule has 0 aliphatic rings. The molecule has 228 valence electrons. The third-order valence-corrected chi connectivity index (χ3v) is 10.6. The number of hydrogen-bond donors (Lipinski definition) is 0. The summed E-state index contributed by atoms with van der Waals surface area (Å²) in [5.41, 5.74) is -25.3. The van der Waals surface area contributed by atoms with Crippen LogP contribution in [0.3, 0.4) is 0 Å². The molecule has 0 N–H and O–H groups in total. The van der Waals surface area contributed by atoms with Crippen LogP contribution in [0.25, 0.3) is 0 Å². The van der Waals surface area contributed by atoms with Gasteiger partial charge in [-0.15, -0.1) is 19.7 Å². The van der Waals surface area contributed by atoms with Crippen molar-refractivity contribution in [3.05, 3.63) is 49.1 Å². The van der Waals surface area contributed by atoms with Crippen LogP contribution < -0.4 is 0 Å². The Morgan fingerprint density at radius 3 is 1.00 bits per heavy atom. The molecule has 0 bridgehead atoms. The number of halogens is 17. The van der Waals surface area contributed by atoms with Crippen LogP contribution in [0, 0.1) is 0 Å². The lowest BCUT2D eigenvalue weighted by Crippen LogP contribution is -2.66. The zero-order valence-electron chi connectivity index (χ0n) is 19.5. The molecule has 18 heteroatoms. The van der Waals surface area contributed by atoms with E-state index in [0.717, 1.165) is 0 Å². The van der Waals surface area contributed by atoms with Crippen molar-refractivity contribution in [3.63, 3.8) is 0 Å². The summed E-state index contributed by atoms with van der Waals surface area (Å²) in [5, 5.41) is 0. The lowest BCUT2D eigenvalue weighted by molar-refractivity contribution is -0.365. The maximum Gasteiger partial charge on any atom is 0.435 e. The van der Waals surface area contributed by atoms with Crippen LogP contribution in [-0.4, -0.2) is 50.3 Å². The maximum atomic E-state index is 14.8. The summed E-state index contributed by atoms with van der Waals surface area (Å²) in [6.07, 6.45) is -38.8. The molecule has 0 saturated heterocycles. The van der Waals surface area contributed by atoms with Crippen molar-refractivity contribution >= 4 is 8.07 Å². The van der Waals surface area contributed by atoms with E-state index in [2.05, 4.69) is 19.7 Å².